The summed E-state index contributed by atoms with van der Waals surface area (Å²) in [5.41, 5.74) is 2.47. The maximum Gasteiger partial charge on any atom is 0.342 e. The molecular formula is C22H20O5. The van der Waals surface area contributed by atoms with Crippen molar-refractivity contribution in [1.82, 2.24) is 0 Å². The Kier molecular flexibility index (Phi) is 5.61. The molecule has 0 aromatic heterocycles. The molecule has 5 nitrogen and oxygen atoms in total. The lowest BCUT2D eigenvalue weighted by Gasteiger charge is -2.13. The van der Waals surface area contributed by atoms with Crippen molar-refractivity contribution in [2.24, 2.45) is 0 Å². The monoisotopic (exact) mass is 364 g/mol. The molecule has 0 saturated carbocycles. The van der Waals surface area contributed by atoms with Crippen LogP contribution in [0.2, 0.25) is 0 Å². The zero-order valence-corrected chi connectivity index (χ0v) is 14.9. The molecule has 0 fully saturated rings. The van der Waals surface area contributed by atoms with Crippen LogP contribution in [0.3, 0.4) is 0 Å². The van der Waals surface area contributed by atoms with Gasteiger partial charge in [-0.05, 0) is 30.2 Å². The number of carbonyl (C=O) groups is 1. The van der Waals surface area contributed by atoms with E-state index in [4.69, 9.17) is 9.47 Å². The van der Waals surface area contributed by atoms with E-state index in [9.17, 15) is 15.0 Å². The van der Waals surface area contributed by atoms with Gasteiger partial charge in [-0.3, -0.25) is 0 Å². The van der Waals surface area contributed by atoms with Crippen LogP contribution in [0, 0.1) is 6.92 Å². The van der Waals surface area contributed by atoms with Gasteiger partial charge in [-0.1, -0.05) is 48.5 Å². The second-order valence-corrected chi connectivity index (χ2v) is 6.00. The summed E-state index contributed by atoms with van der Waals surface area (Å²) in [4.78, 5) is 12.2. The minimum atomic E-state index is -0.662. The second kappa shape index (κ2) is 8.27. The SMILES string of the molecule is Cc1cc(O)cc(O)c1C(=O)OCCOc1ccccc1-c1ccccc1. The fourth-order valence-electron chi connectivity index (χ4n) is 2.82. The number of hydrogen-bond acceptors (Lipinski definition) is 5. The van der Waals surface area contributed by atoms with E-state index < -0.39 is 5.97 Å². The van der Waals surface area contributed by atoms with E-state index in [2.05, 4.69) is 0 Å². The molecule has 3 aromatic carbocycles. The van der Waals surface area contributed by atoms with Crippen LogP contribution < -0.4 is 4.74 Å². The van der Waals surface area contributed by atoms with E-state index in [0.717, 1.165) is 17.2 Å². The first-order valence-electron chi connectivity index (χ1n) is 8.53. The summed E-state index contributed by atoms with van der Waals surface area (Å²) in [5.74, 6) is -0.386. The molecule has 0 heterocycles. The Hall–Kier alpha value is -3.47. The van der Waals surface area contributed by atoms with Gasteiger partial charge < -0.3 is 19.7 Å². The molecule has 0 aliphatic heterocycles. The summed E-state index contributed by atoms with van der Waals surface area (Å²) in [6.07, 6.45) is 0. The van der Waals surface area contributed by atoms with Crippen LogP contribution >= 0.6 is 0 Å². The van der Waals surface area contributed by atoms with Crippen LogP contribution in [0.15, 0.2) is 66.7 Å². The Morgan fingerprint density at radius 3 is 2.37 bits per heavy atom. The van der Waals surface area contributed by atoms with Crippen molar-refractivity contribution in [2.75, 3.05) is 13.2 Å². The molecule has 3 rings (SSSR count). The summed E-state index contributed by atoms with van der Waals surface area (Å²) < 4.78 is 11.0. The largest absolute Gasteiger partial charge is 0.508 e. The molecule has 0 bridgehead atoms. The van der Waals surface area contributed by atoms with Crippen molar-refractivity contribution in [2.45, 2.75) is 6.92 Å². The molecule has 5 heteroatoms. The maximum absolute atomic E-state index is 12.2. The van der Waals surface area contributed by atoms with Crippen LogP contribution in [0.4, 0.5) is 0 Å². The van der Waals surface area contributed by atoms with Gasteiger partial charge in [-0.15, -0.1) is 0 Å². The number of para-hydroxylation sites is 1. The van der Waals surface area contributed by atoms with Crippen LogP contribution in [-0.2, 0) is 4.74 Å². The Balaban J connectivity index is 1.61. The predicted octanol–water partition coefficient (Wildman–Crippen LogP) is 4.31. The van der Waals surface area contributed by atoms with Gasteiger partial charge in [0.15, 0.2) is 0 Å². The normalized spacial score (nSPS) is 10.4. The molecule has 2 N–H and O–H groups in total. The first kappa shape index (κ1) is 18.3. The summed E-state index contributed by atoms with van der Waals surface area (Å²) in [7, 11) is 0. The Morgan fingerprint density at radius 2 is 1.63 bits per heavy atom. The number of esters is 1. The average Bonchev–Trinajstić information content (AvgIpc) is 2.65. The predicted molar refractivity (Wildman–Crippen MR) is 102 cm³/mol. The molecule has 27 heavy (non-hydrogen) atoms. The molecule has 0 amide bonds. The van der Waals surface area contributed by atoms with Crippen molar-refractivity contribution in [1.29, 1.82) is 0 Å². The number of carbonyl (C=O) groups excluding carboxylic acids is 1. The fourth-order valence-corrected chi connectivity index (χ4v) is 2.82. The Morgan fingerprint density at radius 1 is 0.926 bits per heavy atom. The first-order chi connectivity index (χ1) is 13.1. The third-order valence-electron chi connectivity index (χ3n) is 4.05. The van der Waals surface area contributed by atoms with Gasteiger partial charge in [0.2, 0.25) is 0 Å². The number of aromatic hydroxyl groups is 2. The molecule has 0 radical (unpaired) electrons. The molecule has 0 aliphatic carbocycles. The molecule has 3 aromatic rings. The van der Waals surface area contributed by atoms with E-state index in [1.54, 1.807) is 6.92 Å². The van der Waals surface area contributed by atoms with E-state index >= 15 is 0 Å². The number of phenols is 2. The number of phenolic OH excluding ortho intramolecular Hbond substituents is 2. The quantitative estimate of drug-likeness (QED) is 0.503. The van der Waals surface area contributed by atoms with E-state index in [0.29, 0.717) is 11.3 Å². The van der Waals surface area contributed by atoms with Crippen molar-refractivity contribution in [3.8, 4) is 28.4 Å². The van der Waals surface area contributed by atoms with Crippen molar-refractivity contribution < 1.29 is 24.5 Å². The highest BCUT2D eigenvalue weighted by molar-refractivity contribution is 5.94. The Bertz CT molecular complexity index is 911. The van der Waals surface area contributed by atoms with E-state index in [1.165, 1.54) is 6.07 Å². The molecule has 0 atom stereocenters. The Labute approximate surface area is 157 Å². The van der Waals surface area contributed by atoms with Gasteiger partial charge in [0.1, 0.15) is 36.0 Å². The summed E-state index contributed by atoms with van der Waals surface area (Å²) in [6, 6.07) is 20.0. The summed E-state index contributed by atoms with van der Waals surface area (Å²) in [5, 5.41) is 19.3. The number of rotatable bonds is 6. The minimum Gasteiger partial charge on any atom is -0.508 e. The number of aryl methyl sites for hydroxylation is 1. The van der Waals surface area contributed by atoms with E-state index in [1.807, 2.05) is 54.6 Å². The maximum atomic E-state index is 12.2. The fraction of sp³-hybridized carbons (Fsp3) is 0.136. The lowest BCUT2D eigenvalue weighted by molar-refractivity contribution is 0.0446. The second-order valence-electron chi connectivity index (χ2n) is 6.00. The molecule has 0 spiro atoms. The third-order valence-corrected chi connectivity index (χ3v) is 4.05. The highest BCUT2D eigenvalue weighted by atomic mass is 16.6. The lowest BCUT2D eigenvalue weighted by atomic mass is 10.1. The standard InChI is InChI=1S/C22H20O5/c1-15-13-17(23)14-19(24)21(15)22(25)27-12-11-26-20-10-6-5-9-18(20)16-7-3-2-4-8-16/h2-10,13-14,23-24H,11-12H2,1H3. The zero-order valence-electron chi connectivity index (χ0n) is 14.9. The molecule has 0 saturated heterocycles. The van der Waals surface area contributed by atoms with Crippen molar-refractivity contribution in [3.05, 3.63) is 77.9 Å². The highest BCUT2D eigenvalue weighted by Gasteiger charge is 2.17. The topological polar surface area (TPSA) is 76.0 Å². The van der Waals surface area contributed by atoms with Crippen LogP contribution in [0.1, 0.15) is 15.9 Å². The van der Waals surface area contributed by atoms with Gasteiger partial charge in [0.25, 0.3) is 0 Å². The van der Waals surface area contributed by atoms with Gasteiger partial charge in [0.05, 0.1) is 0 Å². The van der Waals surface area contributed by atoms with Gasteiger partial charge in [-0.2, -0.15) is 0 Å². The molecule has 0 unspecified atom stereocenters. The highest BCUT2D eigenvalue weighted by Crippen LogP contribution is 2.30. The molecular weight excluding hydrogens is 344 g/mol. The smallest absolute Gasteiger partial charge is 0.342 e. The first-order valence-corrected chi connectivity index (χ1v) is 8.53. The van der Waals surface area contributed by atoms with Crippen LogP contribution in [0.25, 0.3) is 11.1 Å². The molecule has 0 aliphatic rings. The minimum absolute atomic E-state index is 0.0295. The molecule has 138 valence electrons. The number of ether oxygens (including phenoxy) is 2. The average molecular weight is 364 g/mol. The summed E-state index contributed by atoms with van der Waals surface area (Å²) in [6.45, 7) is 1.82. The van der Waals surface area contributed by atoms with Crippen molar-refractivity contribution >= 4 is 5.97 Å². The van der Waals surface area contributed by atoms with Gasteiger partial charge in [-0.25, -0.2) is 4.79 Å². The van der Waals surface area contributed by atoms with Gasteiger partial charge in [0, 0.05) is 11.6 Å². The zero-order chi connectivity index (χ0) is 19.2. The van der Waals surface area contributed by atoms with Crippen LogP contribution in [0.5, 0.6) is 17.2 Å². The van der Waals surface area contributed by atoms with Crippen LogP contribution in [-0.4, -0.2) is 29.4 Å². The van der Waals surface area contributed by atoms with E-state index in [-0.39, 0.29) is 30.3 Å². The lowest BCUT2D eigenvalue weighted by Crippen LogP contribution is -2.13. The summed E-state index contributed by atoms with van der Waals surface area (Å²) >= 11 is 0. The third kappa shape index (κ3) is 4.39. The van der Waals surface area contributed by atoms with Gasteiger partial charge >= 0.3 is 5.97 Å². The number of hydrogen-bond donors (Lipinski definition) is 2. The number of benzene rings is 3. The van der Waals surface area contributed by atoms with Crippen molar-refractivity contribution in [3.63, 3.8) is 0 Å².